The molecule has 0 saturated heterocycles. The smallest absolute Gasteiger partial charge is 0.191 e. The Bertz CT molecular complexity index is 717. The van der Waals surface area contributed by atoms with E-state index in [-0.39, 0.29) is 0 Å². The van der Waals surface area contributed by atoms with Gasteiger partial charge in [-0.15, -0.1) is 10.2 Å². The number of hydrogen-bond acceptors (Lipinski definition) is 4. The summed E-state index contributed by atoms with van der Waals surface area (Å²) in [4.78, 5) is 4.34. The first-order valence-electron chi connectivity index (χ1n) is 6.77. The topological polar surface area (TPSA) is 48.5 Å². The van der Waals surface area contributed by atoms with Crippen molar-refractivity contribution in [3.63, 3.8) is 0 Å². The van der Waals surface area contributed by atoms with Crippen LogP contribution >= 0.6 is 11.8 Å². The average Bonchev–Trinajstić information content (AvgIpc) is 3.06. The van der Waals surface area contributed by atoms with Gasteiger partial charge in [-0.25, -0.2) is 4.98 Å². The van der Waals surface area contributed by atoms with E-state index >= 15 is 0 Å². The number of benzene rings is 1. The van der Waals surface area contributed by atoms with Crippen LogP contribution in [0.3, 0.4) is 0 Å². The van der Waals surface area contributed by atoms with Crippen molar-refractivity contribution < 1.29 is 0 Å². The third-order valence-electron chi connectivity index (χ3n) is 3.34. The van der Waals surface area contributed by atoms with Gasteiger partial charge in [0, 0.05) is 19.4 Å². The molecule has 0 amide bonds. The van der Waals surface area contributed by atoms with E-state index in [2.05, 4.69) is 44.0 Å². The maximum absolute atomic E-state index is 4.34. The molecule has 0 atom stereocenters. The zero-order chi connectivity index (χ0) is 14.7. The molecule has 3 aromatic rings. The van der Waals surface area contributed by atoms with Crippen molar-refractivity contribution >= 4 is 11.8 Å². The van der Waals surface area contributed by atoms with Crippen molar-refractivity contribution in [3.8, 4) is 0 Å². The van der Waals surface area contributed by atoms with Gasteiger partial charge in [0.25, 0.3) is 0 Å². The third kappa shape index (κ3) is 3.16. The maximum atomic E-state index is 4.34. The van der Waals surface area contributed by atoms with Crippen molar-refractivity contribution in [3.05, 3.63) is 59.9 Å². The van der Waals surface area contributed by atoms with Crippen molar-refractivity contribution in [2.75, 3.05) is 0 Å². The zero-order valence-electron chi connectivity index (χ0n) is 12.1. The van der Waals surface area contributed by atoms with Crippen LogP contribution in [0, 0.1) is 6.92 Å². The molecule has 6 heteroatoms. The van der Waals surface area contributed by atoms with E-state index < -0.39 is 0 Å². The van der Waals surface area contributed by atoms with Crippen LogP contribution in [0.15, 0.2) is 47.9 Å². The summed E-state index contributed by atoms with van der Waals surface area (Å²) in [5, 5.41) is 9.41. The Hall–Kier alpha value is -2.08. The van der Waals surface area contributed by atoms with Crippen molar-refractivity contribution in [2.24, 2.45) is 7.05 Å². The Balaban J connectivity index is 1.76. The fourth-order valence-corrected chi connectivity index (χ4v) is 3.07. The maximum Gasteiger partial charge on any atom is 0.191 e. The van der Waals surface area contributed by atoms with Gasteiger partial charge in [-0.05, 0) is 12.5 Å². The average molecular weight is 299 g/mol. The van der Waals surface area contributed by atoms with E-state index in [0.29, 0.717) is 0 Å². The van der Waals surface area contributed by atoms with Crippen molar-refractivity contribution in [1.29, 1.82) is 0 Å². The summed E-state index contributed by atoms with van der Waals surface area (Å²) in [7, 11) is 2.00. The summed E-state index contributed by atoms with van der Waals surface area (Å²) in [6, 6.07) is 10.4. The quantitative estimate of drug-likeness (QED) is 0.680. The highest BCUT2D eigenvalue weighted by Crippen LogP contribution is 2.21. The molecule has 1 aromatic carbocycles. The van der Waals surface area contributed by atoms with E-state index in [1.165, 1.54) is 5.56 Å². The number of aromatic nitrogens is 5. The van der Waals surface area contributed by atoms with Crippen LogP contribution in [0.1, 0.15) is 17.2 Å². The SMILES string of the molecule is Cc1nnc(SCc2nccn2C)n1Cc1ccccc1. The Morgan fingerprint density at radius 2 is 1.95 bits per heavy atom. The second kappa shape index (κ2) is 6.13. The molecule has 0 fully saturated rings. The zero-order valence-corrected chi connectivity index (χ0v) is 12.9. The third-order valence-corrected chi connectivity index (χ3v) is 4.30. The summed E-state index contributed by atoms with van der Waals surface area (Å²) in [5.41, 5.74) is 1.25. The molecule has 0 aliphatic rings. The van der Waals surface area contributed by atoms with Gasteiger partial charge < -0.3 is 9.13 Å². The number of thioether (sulfide) groups is 1. The fourth-order valence-electron chi connectivity index (χ4n) is 2.08. The largest absolute Gasteiger partial charge is 0.337 e. The molecule has 108 valence electrons. The standard InChI is InChI=1S/C15H17N5S/c1-12-17-18-15(21-11-14-16-8-9-19(14)2)20(12)10-13-6-4-3-5-7-13/h3-9H,10-11H2,1-2H3. The summed E-state index contributed by atoms with van der Waals surface area (Å²) < 4.78 is 4.17. The van der Waals surface area contributed by atoms with Gasteiger partial charge in [-0.3, -0.25) is 0 Å². The summed E-state index contributed by atoms with van der Waals surface area (Å²) in [6.45, 7) is 2.78. The summed E-state index contributed by atoms with van der Waals surface area (Å²) in [6.07, 6.45) is 3.77. The number of rotatable bonds is 5. The van der Waals surface area contributed by atoms with E-state index in [0.717, 1.165) is 29.1 Å². The first-order chi connectivity index (χ1) is 10.2. The molecule has 0 aliphatic heterocycles. The normalized spacial score (nSPS) is 11.0. The molecule has 0 saturated carbocycles. The molecule has 2 aromatic heterocycles. The summed E-state index contributed by atoms with van der Waals surface area (Å²) >= 11 is 1.67. The molecular weight excluding hydrogens is 282 g/mol. The predicted octanol–water partition coefficient (Wildman–Crippen LogP) is 2.66. The van der Waals surface area contributed by atoms with Gasteiger partial charge in [-0.2, -0.15) is 0 Å². The lowest BCUT2D eigenvalue weighted by atomic mass is 10.2. The molecule has 0 radical (unpaired) electrons. The molecule has 21 heavy (non-hydrogen) atoms. The molecule has 0 spiro atoms. The van der Waals surface area contributed by atoms with Crippen LogP contribution in [0.5, 0.6) is 0 Å². The first-order valence-corrected chi connectivity index (χ1v) is 7.75. The van der Waals surface area contributed by atoms with Gasteiger partial charge in [0.15, 0.2) is 5.16 Å². The highest BCUT2D eigenvalue weighted by Gasteiger charge is 2.11. The number of aryl methyl sites for hydroxylation is 2. The highest BCUT2D eigenvalue weighted by atomic mass is 32.2. The predicted molar refractivity (Wildman–Crippen MR) is 83.1 cm³/mol. The molecule has 3 rings (SSSR count). The van der Waals surface area contributed by atoms with E-state index in [4.69, 9.17) is 0 Å². The molecule has 2 heterocycles. The first kappa shape index (κ1) is 13.9. The molecule has 5 nitrogen and oxygen atoms in total. The fraction of sp³-hybridized carbons (Fsp3) is 0.267. The number of nitrogens with zero attached hydrogens (tertiary/aromatic N) is 5. The minimum atomic E-state index is 0.788. The lowest BCUT2D eigenvalue weighted by Gasteiger charge is -2.08. The van der Waals surface area contributed by atoms with E-state index in [9.17, 15) is 0 Å². The lowest BCUT2D eigenvalue weighted by molar-refractivity contribution is 0.687. The number of imidazole rings is 1. The lowest BCUT2D eigenvalue weighted by Crippen LogP contribution is -2.04. The van der Waals surface area contributed by atoms with Crippen LogP contribution in [0.25, 0.3) is 0 Å². The molecule has 0 unspecified atom stereocenters. The Morgan fingerprint density at radius 1 is 1.14 bits per heavy atom. The molecule has 0 bridgehead atoms. The number of hydrogen-bond donors (Lipinski definition) is 0. The van der Waals surface area contributed by atoms with Gasteiger partial charge in [-0.1, -0.05) is 42.1 Å². The van der Waals surface area contributed by atoms with E-state index in [1.807, 2.05) is 37.0 Å². The van der Waals surface area contributed by atoms with Crippen LogP contribution in [0.2, 0.25) is 0 Å². The minimum absolute atomic E-state index is 0.788. The molecule has 0 aliphatic carbocycles. The van der Waals surface area contributed by atoms with E-state index in [1.54, 1.807) is 11.8 Å². The Labute approximate surface area is 128 Å². The highest BCUT2D eigenvalue weighted by molar-refractivity contribution is 7.98. The Kier molecular flexibility index (Phi) is 4.06. The minimum Gasteiger partial charge on any atom is -0.337 e. The van der Waals surface area contributed by atoms with Crippen LogP contribution in [-0.2, 0) is 19.3 Å². The summed E-state index contributed by atoms with van der Waals surface area (Å²) in [5.74, 6) is 2.75. The van der Waals surface area contributed by atoms with Crippen LogP contribution < -0.4 is 0 Å². The van der Waals surface area contributed by atoms with Gasteiger partial charge in [0.2, 0.25) is 0 Å². The van der Waals surface area contributed by atoms with Gasteiger partial charge >= 0.3 is 0 Å². The van der Waals surface area contributed by atoms with Crippen LogP contribution in [0.4, 0.5) is 0 Å². The van der Waals surface area contributed by atoms with Gasteiger partial charge in [0.05, 0.1) is 12.3 Å². The monoisotopic (exact) mass is 299 g/mol. The van der Waals surface area contributed by atoms with Gasteiger partial charge in [0.1, 0.15) is 11.6 Å². The molecular formula is C15H17N5S. The molecule has 0 N–H and O–H groups in total. The van der Waals surface area contributed by atoms with Crippen molar-refractivity contribution in [2.45, 2.75) is 24.4 Å². The van der Waals surface area contributed by atoms with Crippen LogP contribution in [-0.4, -0.2) is 24.3 Å². The second-order valence-electron chi connectivity index (χ2n) is 4.84. The Morgan fingerprint density at radius 3 is 2.67 bits per heavy atom. The van der Waals surface area contributed by atoms with Crippen molar-refractivity contribution in [1.82, 2.24) is 24.3 Å². The second-order valence-corrected chi connectivity index (χ2v) is 5.79.